The molecule has 0 radical (unpaired) electrons. The van der Waals surface area contributed by atoms with Crippen molar-refractivity contribution in [1.82, 2.24) is 10.2 Å². The summed E-state index contributed by atoms with van der Waals surface area (Å²) >= 11 is 11.5. The third kappa shape index (κ3) is 2.25. The van der Waals surface area contributed by atoms with Crippen LogP contribution >= 0.6 is 23.2 Å². The van der Waals surface area contributed by atoms with Gasteiger partial charge in [-0.05, 0) is 31.8 Å². The predicted molar refractivity (Wildman–Crippen MR) is 60.7 cm³/mol. The number of hydrogen-bond acceptors (Lipinski definition) is 2. The summed E-state index contributed by atoms with van der Waals surface area (Å²) in [5.74, 6) is 0.823. The van der Waals surface area contributed by atoms with Crippen molar-refractivity contribution in [2.24, 2.45) is 5.92 Å². The summed E-state index contributed by atoms with van der Waals surface area (Å²) in [5, 5.41) is 4.20. The van der Waals surface area contributed by atoms with Gasteiger partial charge in [0.1, 0.15) is 0 Å². The fraction of sp³-hybridized carbons (Fsp3) is 0.800. The summed E-state index contributed by atoms with van der Waals surface area (Å²) in [6.45, 7) is 4.25. The molecule has 2 heterocycles. The Morgan fingerprint density at radius 3 is 3.14 bits per heavy atom. The molecule has 2 atom stereocenters. The molecule has 2 aliphatic rings. The monoisotopic (exact) mass is 234 g/mol. The van der Waals surface area contributed by atoms with Crippen LogP contribution in [0.1, 0.15) is 12.8 Å². The van der Waals surface area contributed by atoms with Crippen molar-refractivity contribution in [2.45, 2.75) is 18.9 Å². The van der Waals surface area contributed by atoms with E-state index in [4.69, 9.17) is 23.2 Å². The Morgan fingerprint density at radius 2 is 2.36 bits per heavy atom. The molecule has 2 rings (SSSR count). The number of fused-ring (bicyclic) bond motifs is 1. The summed E-state index contributed by atoms with van der Waals surface area (Å²) in [7, 11) is 0. The van der Waals surface area contributed by atoms with E-state index in [-0.39, 0.29) is 0 Å². The Labute approximate surface area is 95.2 Å². The highest BCUT2D eigenvalue weighted by atomic mass is 35.5. The van der Waals surface area contributed by atoms with Crippen molar-refractivity contribution in [3.63, 3.8) is 0 Å². The van der Waals surface area contributed by atoms with Gasteiger partial charge < -0.3 is 5.32 Å². The highest BCUT2D eigenvalue weighted by Crippen LogP contribution is 2.27. The minimum absolute atomic E-state index is 0.675. The van der Waals surface area contributed by atoms with Crippen LogP contribution in [0.5, 0.6) is 0 Å². The van der Waals surface area contributed by atoms with Gasteiger partial charge in [-0.1, -0.05) is 23.2 Å². The average molecular weight is 235 g/mol. The molecule has 2 saturated heterocycles. The summed E-state index contributed by atoms with van der Waals surface area (Å²) in [4.78, 5) is 2.45. The standard InChI is InChI=1S/C10H16Cl2N2/c11-4-9(12)7-14-3-1-2-8-5-13-6-10(8)14/h4,8,10,13H,1-3,5-7H2/b9-4+. The van der Waals surface area contributed by atoms with E-state index in [0.717, 1.165) is 30.6 Å². The lowest BCUT2D eigenvalue weighted by Gasteiger charge is -2.36. The molecule has 0 aromatic heterocycles. The van der Waals surface area contributed by atoms with Crippen molar-refractivity contribution in [3.8, 4) is 0 Å². The maximum Gasteiger partial charge on any atom is 0.0434 e. The van der Waals surface area contributed by atoms with E-state index in [1.54, 1.807) is 0 Å². The molecule has 2 nitrogen and oxygen atoms in total. The van der Waals surface area contributed by atoms with Crippen LogP contribution in [-0.2, 0) is 0 Å². The van der Waals surface area contributed by atoms with Gasteiger partial charge in [-0.3, -0.25) is 4.90 Å². The molecule has 2 unspecified atom stereocenters. The van der Waals surface area contributed by atoms with Gasteiger partial charge in [-0.2, -0.15) is 0 Å². The lowest BCUT2D eigenvalue weighted by atomic mass is 9.92. The van der Waals surface area contributed by atoms with Crippen molar-refractivity contribution >= 4 is 23.2 Å². The fourth-order valence-corrected chi connectivity index (χ4v) is 2.81. The minimum Gasteiger partial charge on any atom is -0.315 e. The van der Waals surface area contributed by atoms with Crippen LogP contribution in [0.4, 0.5) is 0 Å². The third-order valence-corrected chi connectivity index (χ3v) is 3.87. The Bertz CT molecular complexity index is 230. The van der Waals surface area contributed by atoms with Crippen molar-refractivity contribution in [2.75, 3.05) is 26.2 Å². The molecule has 80 valence electrons. The van der Waals surface area contributed by atoms with Crippen LogP contribution < -0.4 is 5.32 Å². The summed E-state index contributed by atoms with van der Waals surface area (Å²) < 4.78 is 0. The van der Waals surface area contributed by atoms with Crippen LogP contribution in [0.2, 0.25) is 0 Å². The maximum atomic E-state index is 5.96. The van der Waals surface area contributed by atoms with E-state index in [2.05, 4.69) is 10.2 Å². The number of likely N-dealkylation sites (tertiary alicyclic amines) is 1. The minimum atomic E-state index is 0.675. The second-order valence-electron chi connectivity index (χ2n) is 4.15. The van der Waals surface area contributed by atoms with E-state index >= 15 is 0 Å². The molecular formula is C10H16Cl2N2. The predicted octanol–water partition coefficient (Wildman–Crippen LogP) is 1.99. The van der Waals surface area contributed by atoms with Gasteiger partial charge in [-0.15, -0.1) is 0 Å². The van der Waals surface area contributed by atoms with Crippen LogP contribution in [0.3, 0.4) is 0 Å². The van der Waals surface area contributed by atoms with Crippen molar-refractivity contribution < 1.29 is 0 Å². The number of piperidine rings is 1. The summed E-state index contributed by atoms with van der Waals surface area (Å²) in [5.41, 5.74) is 1.48. The van der Waals surface area contributed by atoms with Crippen LogP contribution in [0.15, 0.2) is 10.6 Å². The Hall–Kier alpha value is 0.240. The number of hydrogen-bond donors (Lipinski definition) is 1. The summed E-state index contributed by atoms with van der Waals surface area (Å²) in [6, 6.07) is 0.675. The van der Waals surface area contributed by atoms with E-state index < -0.39 is 0 Å². The smallest absolute Gasteiger partial charge is 0.0434 e. The average Bonchev–Trinajstić information content (AvgIpc) is 2.66. The molecule has 2 fully saturated rings. The molecule has 0 amide bonds. The molecule has 0 spiro atoms. The molecule has 0 aromatic carbocycles. The molecule has 0 aromatic rings. The topological polar surface area (TPSA) is 15.3 Å². The largest absolute Gasteiger partial charge is 0.315 e. The fourth-order valence-electron chi connectivity index (χ4n) is 2.59. The quantitative estimate of drug-likeness (QED) is 0.787. The van der Waals surface area contributed by atoms with Gasteiger partial charge in [0, 0.05) is 29.7 Å². The molecule has 0 saturated carbocycles. The van der Waals surface area contributed by atoms with E-state index in [0.29, 0.717) is 6.04 Å². The van der Waals surface area contributed by atoms with Crippen LogP contribution in [-0.4, -0.2) is 37.1 Å². The lowest BCUT2D eigenvalue weighted by Crippen LogP contribution is -2.45. The number of rotatable bonds is 2. The van der Waals surface area contributed by atoms with E-state index in [1.807, 2.05) is 0 Å². The molecule has 4 heteroatoms. The molecule has 2 aliphatic heterocycles. The van der Waals surface area contributed by atoms with Crippen LogP contribution in [0.25, 0.3) is 0 Å². The number of halogens is 2. The first-order valence-electron chi connectivity index (χ1n) is 5.21. The zero-order valence-electron chi connectivity index (χ0n) is 8.18. The van der Waals surface area contributed by atoms with Gasteiger partial charge in [0.25, 0.3) is 0 Å². The molecular weight excluding hydrogens is 219 g/mol. The first-order valence-corrected chi connectivity index (χ1v) is 6.02. The number of nitrogens with zero attached hydrogens (tertiary/aromatic N) is 1. The highest BCUT2D eigenvalue weighted by Gasteiger charge is 2.34. The van der Waals surface area contributed by atoms with Gasteiger partial charge in [0.15, 0.2) is 0 Å². The third-order valence-electron chi connectivity index (χ3n) is 3.27. The Balaban J connectivity index is 1.96. The molecule has 0 bridgehead atoms. The van der Waals surface area contributed by atoms with Gasteiger partial charge >= 0.3 is 0 Å². The normalized spacial score (nSPS) is 34.6. The van der Waals surface area contributed by atoms with E-state index in [9.17, 15) is 0 Å². The summed E-state index contributed by atoms with van der Waals surface area (Å²) in [6.07, 6.45) is 2.64. The van der Waals surface area contributed by atoms with E-state index in [1.165, 1.54) is 24.9 Å². The highest BCUT2D eigenvalue weighted by molar-refractivity contribution is 6.36. The Kier molecular flexibility index (Phi) is 3.72. The zero-order valence-corrected chi connectivity index (χ0v) is 9.69. The van der Waals surface area contributed by atoms with Gasteiger partial charge in [-0.25, -0.2) is 0 Å². The van der Waals surface area contributed by atoms with Crippen molar-refractivity contribution in [3.05, 3.63) is 10.6 Å². The first-order chi connectivity index (χ1) is 6.81. The second-order valence-corrected chi connectivity index (χ2v) is 4.86. The van der Waals surface area contributed by atoms with Gasteiger partial charge in [0.2, 0.25) is 0 Å². The lowest BCUT2D eigenvalue weighted by molar-refractivity contribution is 0.139. The maximum absolute atomic E-state index is 5.96. The SMILES string of the molecule is Cl/C=C(/Cl)CN1CCCC2CNCC21. The first kappa shape index (κ1) is 10.7. The van der Waals surface area contributed by atoms with Crippen molar-refractivity contribution in [1.29, 1.82) is 0 Å². The van der Waals surface area contributed by atoms with Gasteiger partial charge in [0.05, 0.1) is 0 Å². The Morgan fingerprint density at radius 1 is 1.50 bits per heavy atom. The second kappa shape index (κ2) is 4.84. The van der Waals surface area contributed by atoms with Crippen LogP contribution in [0, 0.1) is 5.92 Å². The molecule has 14 heavy (non-hydrogen) atoms. The number of nitrogens with one attached hydrogen (secondary N) is 1. The molecule has 0 aliphatic carbocycles. The molecule has 1 N–H and O–H groups in total. The zero-order chi connectivity index (χ0) is 9.97.